The molecule has 0 radical (unpaired) electrons. The Balaban J connectivity index is 2.30. The zero-order valence-electron chi connectivity index (χ0n) is 10.9. The summed E-state index contributed by atoms with van der Waals surface area (Å²) in [6, 6.07) is 7.40. The van der Waals surface area contributed by atoms with E-state index in [0.29, 0.717) is 5.89 Å². The first kappa shape index (κ1) is 13.5. The predicted octanol–water partition coefficient (Wildman–Crippen LogP) is 1.88. The lowest BCUT2D eigenvalue weighted by atomic mass is 10.2. The topological polar surface area (TPSA) is 85.1 Å². The Kier molecular flexibility index (Phi) is 3.57. The number of nitrogens with zero attached hydrogens (tertiary/aromatic N) is 2. The highest BCUT2D eigenvalue weighted by molar-refractivity contribution is 7.90. The molecule has 2 aromatic rings. The van der Waals surface area contributed by atoms with E-state index in [1.54, 1.807) is 0 Å². The van der Waals surface area contributed by atoms with Crippen LogP contribution in [0.4, 0.5) is 5.69 Å². The molecule has 1 unspecified atom stereocenters. The highest BCUT2D eigenvalue weighted by Gasteiger charge is 2.23. The minimum absolute atomic E-state index is 0.176. The van der Waals surface area contributed by atoms with E-state index in [4.69, 9.17) is 4.52 Å². The molecule has 0 saturated heterocycles. The van der Waals surface area contributed by atoms with Crippen LogP contribution in [0.5, 0.6) is 0 Å². The second-order valence-electron chi connectivity index (χ2n) is 4.26. The van der Waals surface area contributed by atoms with Crippen LogP contribution in [0.3, 0.4) is 0 Å². The summed E-state index contributed by atoms with van der Waals surface area (Å²) in [5.74, 6) is 0.489. The zero-order valence-corrected chi connectivity index (χ0v) is 11.7. The van der Waals surface area contributed by atoms with Crippen LogP contribution in [0.15, 0.2) is 28.8 Å². The minimum atomic E-state index is -3.23. The molecule has 1 aromatic carbocycles. The summed E-state index contributed by atoms with van der Waals surface area (Å²) in [5.41, 5.74) is 1.71. The third-order valence-electron chi connectivity index (χ3n) is 2.87. The van der Waals surface area contributed by atoms with E-state index in [-0.39, 0.29) is 5.82 Å². The molecule has 1 N–H and O–H groups in total. The van der Waals surface area contributed by atoms with Gasteiger partial charge in [0.05, 0.1) is 0 Å². The van der Waals surface area contributed by atoms with E-state index < -0.39 is 15.1 Å². The Labute approximate surface area is 111 Å². The molecule has 2 rings (SSSR count). The van der Waals surface area contributed by atoms with Crippen molar-refractivity contribution in [3.05, 3.63) is 30.1 Å². The molecule has 6 nitrogen and oxygen atoms in total. The van der Waals surface area contributed by atoms with Crippen molar-refractivity contribution in [1.29, 1.82) is 0 Å². The lowest BCUT2D eigenvalue weighted by Gasteiger charge is -2.02. The van der Waals surface area contributed by atoms with Gasteiger partial charge in [0.25, 0.3) is 5.89 Å². The summed E-state index contributed by atoms with van der Waals surface area (Å²) < 4.78 is 28.0. The Morgan fingerprint density at radius 2 is 1.89 bits per heavy atom. The van der Waals surface area contributed by atoms with Crippen LogP contribution in [0, 0.1) is 0 Å². The third kappa shape index (κ3) is 2.93. The second kappa shape index (κ2) is 5.00. The smallest absolute Gasteiger partial charge is 0.257 e. The first-order chi connectivity index (χ1) is 8.91. The molecule has 7 heteroatoms. The highest BCUT2D eigenvalue weighted by Crippen LogP contribution is 2.23. The van der Waals surface area contributed by atoms with Crippen molar-refractivity contribution < 1.29 is 12.9 Å². The van der Waals surface area contributed by atoms with Gasteiger partial charge in [-0.1, -0.05) is 5.16 Å². The maximum Gasteiger partial charge on any atom is 0.257 e. The fourth-order valence-electron chi connectivity index (χ4n) is 1.49. The zero-order chi connectivity index (χ0) is 14.0. The molecule has 0 aliphatic heterocycles. The molecule has 1 aromatic heterocycles. The molecular formula is C12H15N3O3S. The lowest BCUT2D eigenvalue weighted by Crippen LogP contribution is -2.09. The largest absolute Gasteiger partial charge is 0.388 e. The maximum atomic E-state index is 11.4. The molecule has 102 valence electrons. The average molecular weight is 281 g/mol. The van der Waals surface area contributed by atoms with Gasteiger partial charge in [-0.2, -0.15) is 4.98 Å². The van der Waals surface area contributed by atoms with Crippen molar-refractivity contribution >= 4 is 15.5 Å². The minimum Gasteiger partial charge on any atom is -0.388 e. The SMILES string of the molecule is CNc1ccc(-c2nc(C(C)S(C)(=O)=O)no2)cc1. The summed E-state index contributed by atoms with van der Waals surface area (Å²) in [5, 5.41) is 5.95. The van der Waals surface area contributed by atoms with Crippen LogP contribution in [0.25, 0.3) is 11.5 Å². The van der Waals surface area contributed by atoms with E-state index in [2.05, 4.69) is 15.5 Å². The molecule has 0 aliphatic rings. The van der Waals surface area contributed by atoms with Gasteiger partial charge in [0.15, 0.2) is 15.7 Å². The number of rotatable bonds is 4. The molecular weight excluding hydrogens is 266 g/mol. The Hall–Kier alpha value is -1.89. The standard InChI is InChI=1S/C12H15N3O3S/c1-8(19(3,16)17)11-14-12(18-15-11)9-4-6-10(13-2)7-5-9/h4-8,13H,1-3H3. The van der Waals surface area contributed by atoms with Crippen molar-refractivity contribution in [2.45, 2.75) is 12.2 Å². The number of aromatic nitrogens is 2. The Morgan fingerprint density at radius 3 is 2.42 bits per heavy atom. The number of nitrogens with one attached hydrogen (secondary N) is 1. The number of sulfone groups is 1. The predicted molar refractivity (Wildman–Crippen MR) is 72.5 cm³/mol. The molecule has 0 aliphatic carbocycles. The van der Waals surface area contributed by atoms with Crippen molar-refractivity contribution in [1.82, 2.24) is 10.1 Å². The van der Waals surface area contributed by atoms with Crippen LogP contribution in [-0.4, -0.2) is 31.9 Å². The van der Waals surface area contributed by atoms with E-state index in [0.717, 1.165) is 17.5 Å². The van der Waals surface area contributed by atoms with Crippen LogP contribution >= 0.6 is 0 Å². The molecule has 0 saturated carbocycles. The van der Waals surface area contributed by atoms with Crippen LogP contribution in [0.1, 0.15) is 18.0 Å². The van der Waals surface area contributed by atoms with Crippen LogP contribution in [-0.2, 0) is 9.84 Å². The van der Waals surface area contributed by atoms with Gasteiger partial charge in [0.1, 0.15) is 5.25 Å². The van der Waals surface area contributed by atoms with E-state index >= 15 is 0 Å². The van der Waals surface area contributed by atoms with Crippen molar-refractivity contribution in [3.63, 3.8) is 0 Å². The van der Waals surface area contributed by atoms with Crippen LogP contribution in [0.2, 0.25) is 0 Å². The summed E-state index contributed by atoms with van der Waals surface area (Å²) in [4.78, 5) is 4.13. The van der Waals surface area contributed by atoms with Crippen molar-refractivity contribution in [2.75, 3.05) is 18.6 Å². The van der Waals surface area contributed by atoms with Gasteiger partial charge in [0.2, 0.25) is 0 Å². The normalized spacial score (nSPS) is 13.2. The molecule has 0 fully saturated rings. The summed E-state index contributed by atoms with van der Waals surface area (Å²) in [6.45, 7) is 1.54. The molecule has 0 amide bonds. The van der Waals surface area contributed by atoms with Crippen molar-refractivity contribution in [3.8, 4) is 11.5 Å². The second-order valence-corrected chi connectivity index (χ2v) is 6.62. The molecule has 19 heavy (non-hydrogen) atoms. The van der Waals surface area contributed by atoms with Crippen LogP contribution < -0.4 is 5.32 Å². The number of anilines is 1. The van der Waals surface area contributed by atoms with Gasteiger partial charge in [-0.3, -0.25) is 0 Å². The highest BCUT2D eigenvalue weighted by atomic mass is 32.2. The van der Waals surface area contributed by atoms with E-state index in [9.17, 15) is 8.42 Å². The lowest BCUT2D eigenvalue weighted by molar-refractivity contribution is 0.422. The first-order valence-electron chi connectivity index (χ1n) is 5.72. The summed E-state index contributed by atoms with van der Waals surface area (Å²) in [7, 11) is -1.40. The first-order valence-corrected chi connectivity index (χ1v) is 7.68. The average Bonchev–Trinajstić information content (AvgIpc) is 2.86. The van der Waals surface area contributed by atoms with E-state index in [1.807, 2.05) is 31.3 Å². The van der Waals surface area contributed by atoms with Gasteiger partial charge in [-0.25, -0.2) is 8.42 Å². The summed E-state index contributed by atoms with van der Waals surface area (Å²) in [6.07, 6.45) is 1.15. The molecule has 0 spiro atoms. The maximum absolute atomic E-state index is 11.4. The summed E-state index contributed by atoms with van der Waals surface area (Å²) >= 11 is 0. The Morgan fingerprint density at radius 1 is 1.26 bits per heavy atom. The van der Waals surface area contributed by atoms with Gasteiger partial charge >= 0.3 is 0 Å². The number of benzene rings is 1. The van der Waals surface area contributed by atoms with Gasteiger partial charge in [-0.15, -0.1) is 0 Å². The molecule has 1 atom stereocenters. The number of hydrogen-bond donors (Lipinski definition) is 1. The Bertz CT molecular complexity index is 662. The molecule has 1 heterocycles. The molecule has 0 bridgehead atoms. The quantitative estimate of drug-likeness (QED) is 0.921. The van der Waals surface area contributed by atoms with Gasteiger partial charge in [0, 0.05) is 24.6 Å². The van der Waals surface area contributed by atoms with E-state index in [1.165, 1.54) is 6.92 Å². The number of hydrogen-bond acceptors (Lipinski definition) is 6. The fourth-order valence-corrected chi connectivity index (χ4v) is 1.97. The van der Waals surface area contributed by atoms with Gasteiger partial charge < -0.3 is 9.84 Å². The van der Waals surface area contributed by atoms with Crippen molar-refractivity contribution in [2.24, 2.45) is 0 Å². The fraction of sp³-hybridized carbons (Fsp3) is 0.333. The third-order valence-corrected chi connectivity index (χ3v) is 4.36. The monoisotopic (exact) mass is 281 g/mol. The van der Waals surface area contributed by atoms with Gasteiger partial charge in [-0.05, 0) is 31.2 Å².